The van der Waals surface area contributed by atoms with Crippen molar-refractivity contribution in [2.24, 2.45) is 19.8 Å². The van der Waals surface area contributed by atoms with E-state index in [-0.39, 0.29) is 11.7 Å². The van der Waals surface area contributed by atoms with Crippen LogP contribution in [0.5, 0.6) is 0 Å². The van der Waals surface area contributed by atoms with Crippen LogP contribution in [-0.2, 0) is 14.1 Å². The number of rotatable bonds is 3. The van der Waals surface area contributed by atoms with Gasteiger partial charge in [0.05, 0.1) is 11.0 Å². The lowest BCUT2D eigenvalue weighted by Gasteiger charge is -2.24. The second-order valence-corrected chi connectivity index (χ2v) is 6.47. The standard InChI is InChI=1S/C17H26N4O/c1-19-15-8-7-13(11-16(15)20(2)17(19)22)14(18)12-21-9-5-3-4-6-10-21/h7-8,11,14H,3-6,9-10,12,18H2,1-2H3. The van der Waals surface area contributed by atoms with Crippen LogP contribution in [0, 0.1) is 0 Å². The van der Waals surface area contributed by atoms with Crippen LogP contribution in [0.4, 0.5) is 0 Å². The number of benzene rings is 1. The molecule has 1 aromatic carbocycles. The van der Waals surface area contributed by atoms with Crippen LogP contribution < -0.4 is 11.4 Å². The molecule has 2 heterocycles. The van der Waals surface area contributed by atoms with Gasteiger partial charge in [0.2, 0.25) is 0 Å². The summed E-state index contributed by atoms with van der Waals surface area (Å²) >= 11 is 0. The highest BCUT2D eigenvalue weighted by atomic mass is 16.1. The van der Waals surface area contributed by atoms with Crippen molar-refractivity contribution in [1.82, 2.24) is 14.0 Å². The van der Waals surface area contributed by atoms with Crippen LogP contribution in [0.2, 0.25) is 0 Å². The van der Waals surface area contributed by atoms with Crippen LogP contribution in [0.1, 0.15) is 37.3 Å². The van der Waals surface area contributed by atoms with Crippen molar-refractivity contribution in [2.75, 3.05) is 19.6 Å². The van der Waals surface area contributed by atoms with E-state index in [0.717, 1.165) is 36.2 Å². The van der Waals surface area contributed by atoms with E-state index in [0.29, 0.717) is 0 Å². The molecule has 1 unspecified atom stereocenters. The lowest BCUT2D eigenvalue weighted by molar-refractivity contribution is 0.268. The summed E-state index contributed by atoms with van der Waals surface area (Å²) in [5, 5.41) is 0. The molecule has 3 rings (SSSR count). The third-order valence-electron chi connectivity index (χ3n) is 4.88. The van der Waals surface area contributed by atoms with Crippen LogP contribution in [0.15, 0.2) is 23.0 Å². The van der Waals surface area contributed by atoms with Crippen LogP contribution >= 0.6 is 0 Å². The summed E-state index contributed by atoms with van der Waals surface area (Å²) in [7, 11) is 3.62. The van der Waals surface area contributed by atoms with Crippen LogP contribution in [-0.4, -0.2) is 33.7 Å². The number of likely N-dealkylation sites (tertiary alicyclic amines) is 1. The molecule has 1 saturated heterocycles. The average molecular weight is 302 g/mol. The fourth-order valence-electron chi connectivity index (χ4n) is 3.46. The second kappa shape index (κ2) is 6.26. The fraction of sp³-hybridized carbons (Fsp3) is 0.588. The van der Waals surface area contributed by atoms with Gasteiger partial charge < -0.3 is 10.6 Å². The van der Waals surface area contributed by atoms with Gasteiger partial charge in [-0.05, 0) is 43.6 Å². The number of hydrogen-bond acceptors (Lipinski definition) is 3. The Labute approximate surface area is 131 Å². The van der Waals surface area contributed by atoms with Crippen molar-refractivity contribution < 1.29 is 0 Å². The summed E-state index contributed by atoms with van der Waals surface area (Å²) in [6, 6.07) is 6.13. The predicted octanol–water partition coefficient (Wildman–Crippen LogP) is 1.75. The van der Waals surface area contributed by atoms with E-state index in [1.165, 1.54) is 25.7 Å². The highest BCUT2D eigenvalue weighted by molar-refractivity contribution is 5.77. The first-order valence-electron chi connectivity index (χ1n) is 8.21. The molecule has 2 N–H and O–H groups in total. The van der Waals surface area contributed by atoms with Gasteiger partial charge in [0.15, 0.2) is 0 Å². The molecule has 22 heavy (non-hydrogen) atoms. The minimum Gasteiger partial charge on any atom is -0.323 e. The summed E-state index contributed by atoms with van der Waals surface area (Å²) in [5.41, 5.74) is 9.46. The number of aromatic nitrogens is 2. The van der Waals surface area contributed by atoms with Crippen molar-refractivity contribution >= 4 is 11.0 Å². The molecule has 0 bridgehead atoms. The van der Waals surface area contributed by atoms with E-state index in [4.69, 9.17) is 5.73 Å². The second-order valence-electron chi connectivity index (χ2n) is 6.47. The first kappa shape index (κ1) is 15.3. The Kier molecular flexibility index (Phi) is 4.36. The molecule has 1 atom stereocenters. The molecule has 1 aromatic heterocycles. The summed E-state index contributed by atoms with van der Waals surface area (Å²) in [5.74, 6) is 0. The van der Waals surface area contributed by atoms with Gasteiger partial charge in [0, 0.05) is 26.7 Å². The van der Waals surface area contributed by atoms with E-state index >= 15 is 0 Å². The Hall–Kier alpha value is -1.59. The number of imidazole rings is 1. The number of aryl methyl sites for hydroxylation is 2. The van der Waals surface area contributed by atoms with Crippen LogP contribution in [0.25, 0.3) is 11.0 Å². The van der Waals surface area contributed by atoms with E-state index < -0.39 is 0 Å². The number of nitrogens with two attached hydrogens (primary N) is 1. The Balaban J connectivity index is 1.83. The molecule has 1 fully saturated rings. The normalized spacial score (nSPS) is 18.5. The van der Waals surface area contributed by atoms with Gasteiger partial charge in [-0.2, -0.15) is 0 Å². The molecule has 0 radical (unpaired) electrons. The topological polar surface area (TPSA) is 56.2 Å². The zero-order chi connectivity index (χ0) is 15.7. The molecule has 5 heteroatoms. The molecule has 1 aliphatic heterocycles. The van der Waals surface area contributed by atoms with Crippen LogP contribution in [0.3, 0.4) is 0 Å². The molecule has 0 aliphatic carbocycles. The molecule has 1 aliphatic rings. The molecule has 120 valence electrons. The molecule has 2 aromatic rings. The third-order valence-corrected chi connectivity index (χ3v) is 4.88. The first-order chi connectivity index (χ1) is 10.6. The highest BCUT2D eigenvalue weighted by Gasteiger charge is 2.16. The Bertz CT molecular complexity index is 707. The van der Waals surface area contributed by atoms with E-state index in [1.807, 2.05) is 20.2 Å². The molecule has 0 spiro atoms. The molecule has 0 amide bonds. The Morgan fingerprint density at radius 2 is 1.68 bits per heavy atom. The number of hydrogen-bond donors (Lipinski definition) is 1. The maximum absolute atomic E-state index is 12.0. The average Bonchev–Trinajstić information content (AvgIpc) is 2.73. The lowest BCUT2D eigenvalue weighted by atomic mass is 10.1. The van der Waals surface area contributed by atoms with E-state index in [1.54, 1.807) is 9.13 Å². The summed E-state index contributed by atoms with van der Waals surface area (Å²) in [4.78, 5) is 14.5. The number of nitrogens with zero attached hydrogens (tertiary/aromatic N) is 3. The van der Waals surface area contributed by atoms with Gasteiger partial charge in [-0.3, -0.25) is 9.13 Å². The number of fused-ring (bicyclic) bond motifs is 1. The van der Waals surface area contributed by atoms with E-state index in [9.17, 15) is 4.79 Å². The van der Waals surface area contributed by atoms with Gasteiger partial charge in [-0.25, -0.2) is 4.79 Å². The van der Waals surface area contributed by atoms with Gasteiger partial charge in [-0.1, -0.05) is 18.9 Å². The summed E-state index contributed by atoms with van der Waals surface area (Å²) in [6.07, 6.45) is 5.23. The lowest BCUT2D eigenvalue weighted by Crippen LogP contribution is -2.33. The van der Waals surface area contributed by atoms with Crippen molar-refractivity contribution in [3.8, 4) is 0 Å². The first-order valence-corrected chi connectivity index (χ1v) is 8.21. The van der Waals surface area contributed by atoms with Gasteiger partial charge in [0.1, 0.15) is 0 Å². The SMILES string of the molecule is Cn1c(=O)n(C)c2cc(C(N)CN3CCCCCC3)ccc21. The smallest absolute Gasteiger partial charge is 0.323 e. The van der Waals surface area contributed by atoms with Crippen molar-refractivity contribution in [2.45, 2.75) is 31.7 Å². The monoisotopic (exact) mass is 302 g/mol. The fourth-order valence-corrected chi connectivity index (χ4v) is 3.46. The summed E-state index contributed by atoms with van der Waals surface area (Å²) in [6.45, 7) is 3.20. The maximum atomic E-state index is 12.0. The largest absolute Gasteiger partial charge is 0.328 e. The molecule has 5 nitrogen and oxygen atoms in total. The predicted molar refractivity (Wildman–Crippen MR) is 90.0 cm³/mol. The van der Waals surface area contributed by atoms with Gasteiger partial charge in [0.25, 0.3) is 0 Å². The van der Waals surface area contributed by atoms with E-state index in [2.05, 4.69) is 17.0 Å². The molecular weight excluding hydrogens is 276 g/mol. The minimum atomic E-state index is -0.00203. The highest BCUT2D eigenvalue weighted by Crippen LogP contribution is 2.20. The molecular formula is C17H26N4O. The van der Waals surface area contributed by atoms with Crippen molar-refractivity contribution in [3.05, 3.63) is 34.2 Å². The minimum absolute atomic E-state index is 0.00203. The van der Waals surface area contributed by atoms with Crippen molar-refractivity contribution in [1.29, 1.82) is 0 Å². The van der Waals surface area contributed by atoms with Gasteiger partial charge in [-0.15, -0.1) is 0 Å². The Morgan fingerprint density at radius 3 is 2.36 bits per heavy atom. The molecule has 0 saturated carbocycles. The quantitative estimate of drug-likeness (QED) is 0.940. The maximum Gasteiger partial charge on any atom is 0.328 e. The van der Waals surface area contributed by atoms with Crippen molar-refractivity contribution in [3.63, 3.8) is 0 Å². The zero-order valence-electron chi connectivity index (χ0n) is 13.6. The summed E-state index contributed by atoms with van der Waals surface area (Å²) < 4.78 is 3.37. The third kappa shape index (κ3) is 2.83. The zero-order valence-corrected chi connectivity index (χ0v) is 13.6. The van der Waals surface area contributed by atoms with Gasteiger partial charge >= 0.3 is 5.69 Å². The Morgan fingerprint density at radius 1 is 1.05 bits per heavy atom.